The number of carbonyl (C=O) groups is 1. The fourth-order valence-electron chi connectivity index (χ4n) is 3.02. The summed E-state index contributed by atoms with van der Waals surface area (Å²) in [7, 11) is -3.43. The predicted molar refractivity (Wildman–Crippen MR) is 97.3 cm³/mol. The molecular formula is C18H28N2O4S. The Morgan fingerprint density at radius 2 is 1.96 bits per heavy atom. The van der Waals surface area contributed by atoms with Gasteiger partial charge < -0.3 is 15.4 Å². The summed E-state index contributed by atoms with van der Waals surface area (Å²) in [4.78, 5) is 14.7. The molecule has 25 heavy (non-hydrogen) atoms. The van der Waals surface area contributed by atoms with Gasteiger partial charge in [-0.05, 0) is 44.4 Å². The van der Waals surface area contributed by atoms with Crippen LogP contribution in [-0.4, -0.2) is 57.3 Å². The van der Waals surface area contributed by atoms with E-state index in [0.717, 1.165) is 19.3 Å². The van der Waals surface area contributed by atoms with E-state index in [9.17, 15) is 13.2 Å². The molecule has 1 saturated heterocycles. The molecule has 1 heterocycles. The van der Waals surface area contributed by atoms with Crippen LogP contribution in [0.5, 0.6) is 0 Å². The molecule has 0 radical (unpaired) electrons. The molecule has 1 fully saturated rings. The summed E-state index contributed by atoms with van der Waals surface area (Å²) in [6.45, 7) is 4.23. The summed E-state index contributed by atoms with van der Waals surface area (Å²) in [5.74, 6) is -0.162. The van der Waals surface area contributed by atoms with Gasteiger partial charge in [0.05, 0.1) is 22.3 Å². The first-order chi connectivity index (χ1) is 12.0. The second-order valence-corrected chi connectivity index (χ2v) is 8.40. The maximum atomic E-state index is 12.8. The van der Waals surface area contributed by atoms with Gasteiger partial charge in [0.2, 0.25) is 0 Å². The molecule has 1 aromatic carbocycles. The molecule has 6 nitrogen and oxygen atoms in total. The molecule has 0 saturated carbocycles. The molecule has 0 spiro atoms. The van der Waals surface area contributed by atoms with E-state index in [0.29, 0.717) is 32.7 Å². The van der Waals surface area contributed by atoms with Crippen LogP contribution in [0.2, 0.25) is 0 Å². The molecular weight excluding hydrogens is 340 g/mol. The number of sulfone groups is 1. The van der Waals surface area contributed by atoms with E-state index < -0.39 is 9.84 Å². The first kappa shape index (κ1) is 19.9. The highest BCUT2D eigenvalue weighted by Crippen LogP contribution is 2.22. The van der Waals surface area contributed by atoms with E-state index in [1.54, 1.807) is 23.1 Å². The van der Waals surface area contributed by atoms with Crippen LogP contribution in [0.3, 0.4) is 0 Å². The Morgan fingerprint density at radius 3 is 2.60 bits per heavy atom. The molecule has 140 valence electrons. The fourth-order valence-corrected chi connectivity index (χ4v) is 4.56. The van der Waals surface area contributed by atoms with Crippen molar-refractivity contribution in [2.24, 2.45) is 5.73 Å². The molecule has 2 N–H and O–H groups in total. The van der Waals surface area contributed by atoms with Crippen molar-refractivity contribution >= 4 is 15.7 Å². The molecule has 0 bridgehead atoms. The lowest BCUT2D eigenvalue weighted by Crippen LogP contribution is -2.41. The molecule has 1 amide bonds. The number of piperidine rings is 1. The summed E-state index contributed by atoms with van der Waals surface area (Å²) in [6, 6.07) is 6.51. The van der Waals surface area contributed by atoms with Crippen molar-refractivity contribution in [3.8, 4) is 0 Å². The van der Waals surface area contributed by atoms with E-state index in [-0.39, 0.29) is 28.2 Å². The van der Waals surface area contributed by atoms with Crippen molar-refractivity contribution in [2.45, 2.75) is 43.6 Å². The summed E-state index contributed by atoms with van der Waals surface area (Å²) in [6.07, 6.45) is 3.04. The number of hydrogen-bond acceptors (Lipinski definition) is 5. The summed E-state index contributed by atoms with van der Waals surface area (Å²) >= 11 is 0. The predicted octanol–water partition coefficient (Wildman–Crippen LogP) is 1.84. The van der Waals surface area contributed by atoms with Crippen LogP contribution in [0.25, 0.3) is 0 Å². The zero-order chi connectivity index (χ0) is 18.3. The number of benzene rings is 1. The van der Waals surface area contributed by atoms with Crippen LogP contribution in [0.4, 0.5) is 0 Å². The number of nitrogens with zero attached hydrogens (tertiary/aromatic N) is 1. The largest absolute Gasteiger partial charge is 0.378 e. The SMILES string of the molecule is CCCS(=O)(=O)c1ccccc1C(=O)N1CCC(OCCCN)CC1. The quantitative estimate of drug-likeness (QED) is 0.707. The molecule has 1 aromatic rings. The molecule has 0 aliphatic carbocycles. The first-order valence-corrected chi connectivity index (χ1v) is 10.6. The van der Waals surface area contributed by atoms with Gasteiger partial charge in [-0.25, -0.2) is 8.42 Å². The van der Waals surface area contributed by atoms with E-state index in [1.807, 2.05) is 6.92 Å². The smallest absolute Gasteiger partial charge is 0.255 e. The monoisotopic (exact) mass is 368 g/mol. The summed E-state index contributed by atoms with van der Waals surface area (Å²) < 4.78 is 30.6. The molecule has 2 rings (SSSR count). The number of amides is 1. The molecule has 7 heteroatoms. The average Bonchev–Trinajstić information content (AvgIpc) is 2.62. The minimum absolute atomic E-state index is 0.0500. The second kappa shape index (κ2) is 9.31. The number of hydrogen-bond donors (Lipinski definition) is 1. The third-order valence-electron chi connectivity index (χ3n) is 4.36. The molecule has 0 unspecified atom stereocenters. The van der Waals surface area contributed by atoms with Crippen molar-refractivity contribution in [1.82, 2.24) is 4.90 Å². The zero-order valence-electron chi connectivity index (χ0n) is 14.8. The van der Waals surface area contributed by atoms with E-state index in [2.05, 4.69) is 0 Å². The number of ether oxygens (including phenoxy) is 1. The highest BCUT2D eigenvalue weighted by atomic mass is 32.2. The summed E-state index contributed by atoms with van der Waals surface area (Å²) in [5, 5.41) is 0. The minimum atomic E-state index is -3.43. The third kappa shape index (κ3) is 5.26. The number of likely N-dealkylation sites (tertiary alicyclic amines) is 1. The molecule has 1 aliphatic heterocycles. The van der Waals surface area contributed by atoms with E-state index >= 15 is 0 Å². The van der Waals surface area contributed by atoms with Gasteiger partial charge >= 0.3 is 0 Å². The van der Waals surface area contributed by atoms with Gasteiger partial charge in [0, 0.05) is 19.7 Å². The van der Waals surface area contributed by atoms with Gasteiger partial charge in [-0.2, -0.15) is 0 Å². The number of rotatable bonds is 8. The van der Waals surface area contributed by atoms with Gasteiger partial charge in [0.25, 0.3) is 5.91 Å². The standard InChI is InChI=1S/C18H28N2O4S/c1-2-14-25(22,23)17-7-4-3-6-16(17)18(21)20-11-8-15(9-12-20)24-13-5-10-19/h3-4,6-7,15H,2,5,8-14,19H2,1H3. The summed E-state index contributed by atoms with van der Waals surface area (Å²) in [5.41, 5.74) is 5.74. The topological polar surface area (TPSA) is 89.7 Å². The molecule has 1 aliphatic rings. The van der Waals surface area contributed by atoms with Gasteiger partial charge in [0.1, 0.15) is 0 Å². The van der Waals surface area contributed by atoms with E-state index in [4.69, 9.17) is 10.5 Å². The van der Waals surface area contributed by atoms with Crippen LogP contribution >= 0.6 is 0 Å². The maximum absolute atomic E-state index is 12.8. The van der Waals surface area contributed by atoms with Crippen molar-refractivity contribution in [3.05, 3.63) is 29.8 Å². The lowest BCUT2D eigenvalue weighted by molar-refractivity contribution is 0.00834. The fraction of sp³-hybridized carbons (Fsp3) is 0.611. The third-order valence-corrected chi connectivity index (χ3v) is 6.33. The Labute approximate surface area is 150 Å². The van der Waals surface area contributed by atoms with Crippen LogP contribution in [-0.2, 0) is 14.6 Å². The number of carbonyl (C=O) groups excluding carboxylic acids is 1. The zero-order valence-corrected chi connectivity index (χ0v) is 15.6. The minimum Gasteiger partial charge on any atom is -0.378 e. The molecule has 0 aromatic heterocycles. The van der Waals surface area contributed by atoms with Crippen molar-refractivity contribution < 1.29 is 17.9 Å². The highest BCUT2D eigenvalue weighted by molar-refractivity contribution is 7.91. The van der Waals surface area contributed by atoms with E-state index in [1.165, 1.54) is 6.07 Å². The van der Waals surface area contributed by atoms with Gasteiger partial charge in [0.15, 0.2) is 9.84 Å². The van der Waals surface area contributed by atoms with Gasteiger partial charge in [-0.15, -0.1) is 0 Å². The van der Waals surface area contributed by atoms with Crippen LogP contribution in [0.15, 0.2) is 29.2 Å². The first-order valence-electron chi connectivity index (χ1n) is 8.92. The number of nitrogens with two attached hydrogens (primary N) is 1. The van der Waals surface area contributed by atoms with Gasteiger partial charge in [-0.3, -0.25) is 4.79 Å². The lowest BCUT2D eigenvalue weighted by atomic mass is 10.1. The van der Waals surface area contributed by atoms with Gasteiger partial charge in [-0.1, -0.05) is 19.1 Å². The second-order valence-electron chi connectivity index (χ2n) is 6.32. The Balaban J connectivity index is 2.05. The van der Waals surface area contributed by atoms with Crippen LogP contribution < -0.4 is 5.73 Å². The van der Waals surface area contributed by atoms with Crippen LogP contribution in [0.1, 0.15) is 43.0 Å². The average molecular weight is 368 g/mol. The van der Waals surface area contributed by atoms with Crippen LogP contribution in [0, 0.1) is 0 Å². The Bertz CT molecular complexity index is 667. The highest BCUT2D eigenvalue weighted by Gasteiger charge is 2.28. The van der Waals surface area contributed by atoms with Crippen molar-refractivity contribution in [2.75, 3.05) is 32.0 Å². The normalized spacial score (nSPS) is 16.2. The maximum Gasteiger partial charge on any atom is 0.255 e. The van der Waals surface area contributed by atoms with Crippen molar-refractivity contribution in [3.63, 3.8) is 0 Å². The Kier molecular flexibility index (Phi) is 7.40. The Morgan fingerprint density at radius 1 is 1.28 bits per heavy atom. The molecule has 0 atom stereocenters. The Hall–Kier alpha value is -1.44. The van der Waals surface area contributed by atoms with Crippen molar-refractivity contribution in [1.29, 1.82) is 0 Å². The lowest BCUT2D eigenvalue weighted by Gasteiger charge is -2.32.